The molecular weight excluding hydrogens is 224 g/mol. The van der Waals surface area contributed by atoms with Crippen molar-refractivity contribution in [1.82, 2.24) is 0 Å². The predicted octanol–water partition coefficient (Wildman–Crippen LogP) is 5.22. The molecule has 0 aromatic carbocycles. The van der Waals surface area contributed by atoms with Crippen LogP contribution in [-0.4, -0.2) is 5.78 Å². The van der Waals surface area contributed by atoms with E-state index in [1.807, 2.05) is 19.9 Å². The molecule has 1 aromatic heterocycles. The summed E-state index contributed by atoms with van der Waals surface area (Å²) in [6, 6.07) is 1.86. The van der Waals surface area contributed by atoms with Crippen molar-refractivity contribution in [1.29, 1.82) is 0 Å². The summed E-state index contributed by atoms with van der Waals surface area (Å²) in [6.07, 6.45) is 9.38. The van der Waals surface area contributed by atoms with E-state index in [0.29, 0.717) is 6.42 Å². The van der Waals surface area contributed by atoms with Gasteiger partial charge in [-0.1, -0.05) is 45.4 Å². The zero-order valence-corrected chi connectivity index (χ0v) is 12.1. The highest BCUT2D eigenvalue weighted by molar-refractivity contribution is 5.97. The molecule has 18 heavy (non-hydrogen) atoms. The average Bonchev–Trinajstić information content (AvgIpc) is 2.67. The lowest BCUT2D eigenvalue weighted by Gasteiger charge is -2.01. The van der Waals surface area contributed by atoms with Crippen molar-refractivity contribution in [2.24, 2.45) is 0 Å². The first kappa shape index (κ1) is 15.0. The number of furan rings is 1. The van der Waals surface area contributed by atoms with Gasteiger partial charge in [0.2, 0.25) is 0 Å². The minimum atomic E-state index is 0.234. The van der Waals surface area contributed by atoms with E-state index in [4.69, 9.17) is 4.42 Å². The van der Waals surface area contributed by atoms with Crippen molar-refractivity contribution in [3.63, 3.8) is 0 Å². The molecule has 102 valence electrons. The summed E-state index contributed by atoms with van der Waals surface area (Å²) in [5.74, 6) is 1.83. The van der Waals surface area contributed by atoms with Crippen LogP contribution in [0.25, 0.3) is 0 Å². The molecule has 0 aliphatic carbocycles. The summed E-state index contributed by atoms with van der Waals surface area (Å²) < 4.78 is 5.39. The van der Waals surface area contributed by atoms with Crippen molar-refractivity contribution in [3.8, 4) is 0 Å². The third-order valence-electron chi connectivity index (χ3n) is 3.35. The largest absolute Gasteiger partial charge is 0.466 e. The fourth-order valence-corrected chi connectivity index (χ4v) is 2.28. The molecule has 0 aliphatic rings. The standard InChI is InChI=1S/C16H26O2/c1-4-5-6-7-8-9-10-11-16(17)15-12-13(2)18-14(15)3/h12H,4-11H2,1-3H3. The molecule has 0 atom stereocenters. The van der Waals surface area contributed by atoms with Gasteiger partial charge in [0.25, 0.3) is 0 Å². The summed E-state index contributed by atoms with van der Waals surface area (Å²) in [7, 11) is 0. The number of hydrogen-bond donors (Lipinski definition) is 0. The molecule has 0 unspecified atom stereocenters. The number of hydrogen-bond acceptors (Lipinski definition) is 2. The highest BCUT2D eigenvalue weighted by atomic mass is 16.3. The molecule has 0 bridgehead atoms. The lowest BCUT2D eigenvalue weighted by atomic mass is 10.0. The van der Waals surface area contributed by atoms with Gasteiger partial charge in [0.15, 0.2) is 5.78 Å². The summed E-state index contributed by atoms with van der Waals surface area (Å²) in [6.45, 7) is 5.98. The van der Waals surface area contributed by atoms with Crippen molar-refractivity contribution in [2.75, 3.05) is 0 Å². The first-order valence-corrected chi connectivity index (χ1v) is 7.25. The van der Waals surface area contributed by atoms with Gasteiger partial charge in [-0.25, -0.2) is 0 Å². The van der Waals surface area contributed by atoms with Crippen LogP contribution < -0.4 is 0 Å². The van der Waals surface area contributed by atoms with Crippen LogP contribution in [-0.2, 0) is 0 Å². The van der Waals surface area contributed by atoms with Gasteiger partial charge in [-0.05, 0) is 26.3 Å². The van der Waals surface area contributed by atoms with Gasteiger partial charge in [-0.3, -0.25) is 4.79 Å². The summed E-state index contributed by atoms with van der Waals surface area (Å²) in [5, 5.41) is 0. The van der Waals surface area contributed by atoms with Gasteiger partial charge >= 0.3 is 0 Å². The van der Waals surface area contributed by atoms with Crippen LogP contribution in [0.1, 0.15) is 80.2 Å². The average molecular weight is 250 g/mol. The Kier molecular flexibility index (Phi) is 6.77. The fraction of sp³-hybridized carbons (Fsp3) is 0.688. The van der Waals surface area contributed by atoms with Gasteiger partial charge in [0.1, 0.15) is 11.5 Å². The second-order valence-electron chi connectivity index (χ2n) is 5.12. The Bertz CT molecular complexity index is 363. The van der Waals surface area contributed by atoms with Gasteiger partial charge in [0, 0.05) is 6.42 Å². The number of unbranched alkanes of at least 4 members (excludes halogenated alkanes) is 6. The van der Waals surface area contributed by atoms with Gasteiger partial charge in [0.05, 0.1) is 5.56 Å². The third-order valence-corrected chi connectivity index (χ3v) is 3.35. The molecule has 0 spiro atoms. The number of ketones is 1. The van der Waals surface area contributed by atoms with E-state index < -0.39 is 0 Å². The normalized spacial score (nSPS) is 10.8. The maximum Gasteiger partial charge on any atom is 0.166 e. The van der Waals surface area contributed by atoms with E-state index in [0.717, 1.165) is 23.5 Å². The number of rotatable bonds is 9. The molecule has 2 heteroatoms. The molecular formula is C16H26O2. The Labute approximate surface area is 111 Å². The van der Waals surface area contributed by atoms with E-state index in [-0.39, 0.29) is 5.78 Å². The van der Waals surface area contributed by atoms with Crippen molar-refractivity contribution in [3.05, 3.63) is 23.2 Å². The Hall–Kier alpha value is -1.05. The molecule has 0 aliphatic heterocycles. The maximum atomic E-state index is 12.0. The van der Waals surface area contributed by atoms with Crippen LogP contribution in [0.15, 0.2) is 10.5 Å². The van der Waals surface area contributed by atoms with Crippen LogP contribution in [0, 0.1) is 13.8 Å². The van der Waals surface area contributed by atoms with Gasteiger partial charge in [-0.2, -0.15) is 0 Å². The quantitative estimate of drug-likeness (QED) is 0.444. The molecule has 0 N–H and O–H groups in total. The van der Waals surface area contributed by atoms with E-state index in [9.17, 15) is 4.79 Å². The van der Waals surface area contributed by atoms with Crippen molar-refractivity contribution in [2.45, 2.75) is 72.1 Å². The highest BCUT2D eigenvalue weighted by Crippen LogP contribution is 2.17. The minimum Gasteiger partial charge on any atom is -0.466 e. The zero-order chi connectivity index (χ0) is 13.4. The van der Waals surface area contributed by atoms with E-state index >= 15 is 0 Å². The van der Waals surface area contributed by atoms with E-state index in [1.54, 1.807) is 0 Å². The molecule has 0 saturated carbocycles. The smallest absolute Gasteiger partial charge is 0.166 e. The van der Waals surface area contributed by atoms with Crippen molar-refractivity contribution >= 4 is 5.78 Å². The summed E-state index contributed by atoms with van der Waals surface area (Å²) >= 11 is 0. The number of aryl methyl sites for hydroxylation is 2. The van der Waals surface area contributed by atoms with Crippen LogP contribution in [0.3, 0.4) is 0 Å². The molecule has 1 aromatic rings. The molecule has 0 fully saturated rings. The second-order valence-corrected chi connectivity index (χ2v) is 5.12. The molecule has 1 rings (SSSR count). The van der Waals surface area contributed by atoms with Crippen LogP contribution in [0.2, 0.25) is 0 Å². The fourth-order valence-electron chi connectivity index (χ4n) is 2.28. The topological polar surface area (TPSA) is 30.2 Å². The Morgan fingerprint density at radius 3 is 2.22 bits per heavy atom. The first-order valence-electron chi connectivity index (χ1n) is 7.25. The summed E-state index contributed by atoms with van der Waals surface area (Å²) in [4.78, 5) is 12.0. The summed E-state index contributed by atoms with van der Waals surface area (Å²) in [5.41, 5.74) is 0.776. The Balaban J connectivity index is 2.16. The maximum absolute atomic E-state index is 12.0. The number of carbonyl (C=O) groups excluding carboxylic acids is 1. The van der Waals surface area contributed by atoms with E-state index in [2.05, 4.69) is 6.92 Å². The van der Waals surface area contributed by atoms with E-state index in [1.165, 1.54) is 38.5 Å². The Morgan fingerprint density at radius 2 is 1.67 bits per heavy atom. The lowest BCUT2D eigenvalue weighted by Crippen LogP contribution is -1.99. The van der Waals surface area contributed by atoms with Gasteiger partial charge in [-0.15, -0.1) is 0 Å². The first-order chi connectivity index (χ1) is 8.65. The molecule has 1 heterocycles. The molecule has 0 saturated heterocycles. The third kappa shape index (κ3) is 5.07. The SMILES string of the molecule is CCCCCCCCCC(=O)c1cc(C)oc1C. The lowest BCUT2D eigenvalue weighted by molar-refractivity contribution is 0.0977. The highest BCUT2D eigenvalue weighted by Gasteiger charge is 2.12. The zero-order valence-electron chi connectivity index (χ0n) is 12.1. The second kappa shape index (κ2) is 8.12. The predicted molar refractivity (Wildman–Crippen MR) is 75.1 cm³/mol. The minimum absolute atomic E-state index is 0.234. The number of carbonyl (C=O) groups is 1. The molecule has 0 amide bonds. The molecule has 0 radical (unpaired) electrons. The van der Waals surface area contributed by atoms with Crippen LogP contribution in [0.5, 0.6) is 0 Å². The van der Waals surface area contributed by atoms with Crippen LogP contribution >= 0.6 is 0 Å². The molecule has 2 nitrogen and oxygen atoms in total. The van der Waals surface area contributed by atoms with Crippen LogP contribution in [0.4, 0.5) is 0 Å². The van der Waals surface area contributed by atoms with Crippen molar-refractivity contribution < 1.29 is 9.21 Å². The monoisotopic (exact) mass is 250 g/mol. The van der Waals surface area contributed by atoms with Gasteiger partial charge < -0.3 is 4.42 Å². The Morgan fingerprint density at radius 1 is 1.06 bits per heavy atom. The number of Topliss-reactive ketones (excluding diaryl/α,β-unsaturated/α-hetero) is 1.